The minimum Gasteiger partial charge on any atom is -0.465 e. The van der Waals surface area contributed by atoms with Gasteiger partial charge in [-0.3, -0.25) is 9.69 Å². The monoisotopic (exact) mass is 573 g/mol. The van der Waals surface area contributed by atoms with Gasteiger partial charge in [-0.2, -0.15) is 0 Å². The molecule has 172 valence electrons. The molecule has 1 aromatic heterocycles. The molecule has 0 unspecified atom stereocenters. The van der Waals surface area contributed by atoms with Gasteiger partial charge in [-0.05, 0) is 76.7 Å². The summed E-state index contributed by atoms with van der Waals surface area (Å²) >= 11 is 2.25. The van der Waals surface area contributed by atoms with Crippen molar-refractivity contribution in [3.63, 3.8) is 0 Å². The first-order valence-electron chi connectivity index (χ1n) is 10.9. The Hall–Kier alpha value is -3.91. The van der Waals surface area contributed by atoms with Crippen LogP contribution in [0.1, 0.15) is 21.7 Å². The number of ether oxygens (including phenoxy) is 1. The predicted molar refractivity (Wildman–Crippen MR) is 145 cm³/mol. The molecule has 1 aliphatic heterocycles. The number of esters is 1. The zero-order valence-corrected chi connectivity index (χ0v) is 20.9. The summed E-state index contributed by atoms with van der Waals surface area (Å²) in [5, 5.41) is 0. The highest BCUT2D eigenvalue weighted by Crippen LogP contribution is 2.37. The van der Waals surface area contributed by atoms with Crippen LogP contribution in [-0.4, -0.2) is 19.0 Å². The standard InChI is InChI=1S/C29H20INO4/c1-34-29(33)21-13-11-20(12-14-21)27-16-15-23(35-27)17-22-18-26(19-7-3-2-4-8-19)31(28(22)32)25-10-6-5-9-24(25)30/h2-18H,1H3/b22-17+. The van der Waals surface area contributed by atoms with Crippen LogP contribution in [0.4, 0.5) is 5.69 Å². The van der Waals surface area contributed by atoms with Crippen LogP contribution in [0, 0.1) is 3.57 Å². The van der Waals surface area contributed by atoms with E-state index in [0.29, 0.717) is 22.7 Å². The van der Waals surface area contributed by atoms with Crippen LogP contribution in [0.15, 0.2) is 107 Å². The number of anilines is 1. The molecule has 3 aromatic carbocycles. The number of hydrogen-bond donors (Lipinski definition) is 0. The molecule has 5 rings (SSSR count). The first-order chi connectivity index (χ1) is 17.0. The smallest absolute Gasteiger partial charge is 0.337 e. The molecule has 4 aromatic rings. The summed E-state index contributed by atoms with van der Waals surface area (Å²) in [4.78, 5) is 27.0. The Kier molecular flexibility index (Phi) is 6.37. The van der Waals surface area contributed by atoms with E-state index in [-0.39, 0.29) is 11.9 Å². The summed E-state index contributed by atoms with van der Waals surface area (Å²) in [5.74, 6) is 0.697. The number of rotatable bonds is 5. The van der Waals surface area contributed by atoms with Crippen molar-refractivity contribution >= 4 is 51.9 Å². The van der Waals surface area contributed by atoms with E-state index >= 15 is 0 Å². The van der Waals surface area contributed by atoms with Crippen molar-refractivity contribution in [3.05, 3.63) is 123 Å². The normalized spacial score (nSPS) is 14.3. The van der Waals surface area contributed by atoms with E-state index in [1.165, 1.54) is 7.11 Å². The summed E-state index contributed by atoms with van der Waals surface area (Å²) in [6, 6.07) is 28.3. The number of amides is 1. The van der Waals surface area contributed by atoms with E-state index < -0.39 is 0 Å². The Balaban J connectivity index is 1.50. The van der Waals surface area contributed by atoms with Crippen molar-refractivity contribution in [1.29, 1.82) is 0 Å². The Bertz CT molecular complexity index is 1470. The summed E-state index contributed by atoms with van der Waals surface area (Å²) in [6.45, 7) is 0. The number of halogens is 1. The van der Waals surface area contributed by atoms with E-state index in [1.807, 2.05) is 72.8 Å². The Morgan fingerprint density at radius 1 is 0.886 bits per heavy atom. The fourth-order valence-corrected chi connectivity index (χ4v) is 4.56. The second-order valence-corrected chi connectivity index (χ2v) is 9.02. The van der Waals surface area contributed by atoms with Gasteiger partial charge in [-0.25, -0.2) is 4.79 Å². The lowest BCUT2D eigenvalue weighted by atomic mass is 10.1. The number of carbonyl (C=O) groups is 2. The molecule has 5 nitrogen and oxygen atoms in total. The lowest BCUT2D eigenvalue weighted by molar-refractivity contribution is -0.113. The first-order valence-corrected chi connectivity index (χ1v) is 12.0. The third-order valence-corrected chi connectivity index (χ3v) is 6.57. The van der Waals surface area contributed by atoms with Crippen molar-refractivity contribution in [2.75, 3.05) is 12.0 Å². The molecule has 1 aliphatic rings. The third kappa shape index (κ3) is 4.57. The van der Waals surface area contributed by atoms with Crippen molar-refractivity contribution in [3.8, 4) is 11.3 Å². The van der Waals surface area contributed by atoms with Crippen molar-refractivity contribution in [2.24, 2.45) is 0 Å². The maximum atomic E-state index is 13.6. The van der Waals surface area contributed by atoms with Gasteiger partial charge in [0, 0.05) is 14.7 Å². The molecule has 2 heterocycles. The Morgan fingerprint density at radius 2 is 1.60 bits per heavy atom. The molecule has 0 saturated heterocycles. The van der Waals surface area contributed by atoms with E-state index in [9.17, 15) is 9.59 Å². The summed E-state index contributed by atoms with van der Waals surface area (Å²) in [5.41, 5.74) is 4.43. The molecule has 0 atom stereocenters. The second-order valence-electron chi connectivity index (χ2n) is 7.86. The number of carbonyl (C=O) groups excluding carboxylic acids is 2. The maximum Gasteiger partial charge on any atom is 0.337 e. The molecular formula is C29H20INO4. The Labute approximate surface area is 216 Å². The molecule has 0 radical (unpaired) electrons. The first kappa shape index (κ1) is 22.9. The van der Waals surface area contributed by atoms with Gasteiger partial charge in [0.05, 0.1) is 24.1 Å². The van der Waals surface area contributed by atoms with Crippen molar-refractivity contribution in [2.45, 2.75) is 0 Å². The lowest BCUT2D eigenvalue weighted by Gasteiger charge is -2.22. The van der Waals surface area contributed by atoms with Gasteiger partial charge in [-0.15, -0.1) is 0 Å². The quantitative estimate of drug-likeness (QED) is 0.150. The third-order valence-electron chi connectivity index (χ3n) is 5.66. The summed E-state index contributed by atoms with van der Waals surface area (Å²) in [7, 11) is 1.35. The number of nitrogens with zero attached hydrogens (tertiary/aromatic N) is 1. The van der Waals surface area contributed by atoms with Crippen LogP contribution in [-0.2, 0) is 9.53 Å². The van der Waals surface area contributed by atoms with Crippen LogP contribution >= 0.6 is 22.6 Å². The van der Waals surface area contributed by atoms with Gasteiger partial charge in [0.15, 0.2) is 0 Å². The zero-order valence-electron chi connectivity index (χ0n) is 18.8. The van der Waals surface area contributed by atoms with E-state index in [4.69, 9.17) is 9.15 Å². The number of para-hydroxylation sites is 1. The molecule has 0 N–H and O–H groups in total. The number of methoxy groups -OCH3 is 1. The average molecular weight is 573 g/mol. The molecule has 0 spiro atoms. The molecule has 1 amide bonds. The average Bonchev–Trinajstić information content (AvgIpc) is 3.49. The van der Waals surface area contributed by atoms with Gasteiger partial charge < -0.3 is 9.15 Å². The van der Waals surface area contributed by atoms with Crippen LogP contribution in [0.3, 0.4) is 0 Å². The minimum absolute atomic E-state index is 0.117. The number of furan rings is 1. The van der Waals surface area contributed by atoms with Crippen LogP contribution in [0.5, 0.6) is 0 Å². The maximum absolute atomic E-state index is 13.6. The fraction of sp³-hybridized carbons (Fsp3) is 0.0345. The molecule has 0 aliphatic carbocycles. The molecular weight excluding hydrogens is 553 g/mol. The fourth-order valence-electron chi connectivity index (χ4n) is 3.94. The van der Waals surface area contributed by atoms with E-state index in [1.54, 1.807) is 35.2 Å². The summed E-state index contributed by atoms with van der Waals surface area (Å²) in [6.07, 6.45) is 3.65. The lowest BCUT2D eigenvalue weighted by Crippen LogP contribution is -2.25. The van der Waals surface area contributed by atoms with Crippen molar-refractivity contribution < 1.29 is 18.7 Å². The molecule has 6 heteroatoms. The minimum atomic E-state index is -0.389. The van der Waals surface area contributed by atoms with Crippen LogP contribution < -0.4 is 4.90 Å². The van der Waals surface area contributed by atoms with Gasteiger partial charge in [-0.1, -0.05) is 54.6 Å². The van der Waals surface area contributed by atoms with Crippen LogP contribution in [0.25, 0.3) is 23.1 Å². The zero-order chi connectivity index (χ0) is 24.4. The van der Waals surface area contributed by atoms with Crippen molar-refractivity contribution in [1.82, 2.24) is 0 Å². The molecule has 0 fully saturated rings. The van der Waals surface area contributed by atoms with Gasteiger partial charge >= 0.3 is 5.97 Å². The molecule has 0 bridgehead atoms. The molecule has 0 saturated carbocycles. The van der Waals surface area contributed by atoms with Crippen LogP contribution in [0.2, 0.25) is 0 Å². The highest BCUT2D eigenvalue weighted by molar-refractivity contribution is 14.1. The molecule has 35 heavy (non-hydrogen) atoms. The van der Waals surface area contributed by atoms with Gasteiger partial charge in [0.25, 0.3) is 5.91 Å². The largest absolute Gasteiger partial charge is 0.465 e. The number of benzene rings is 3. The van der Waals surface area contributed by atoms with Gasteiger partial charge in [0.1, 0.15) is 11.5 Å². The topological polar surface area (TPSA) is 59.8 Å². The van der Waals surface area contributed by atoms with Gasteiger partial charge in [0.2, 0.25) is 0 Å². The Morgan fingerprint density at radius 3 is 2.31 bits per heavy atom. The van der Waals surface area contributed by atoms with E-state index in [2.05, 4.69) is 22.6 Å². The highest BCUT2D eigenvalue weighted by atomic mass is 127. The van der Waals surface area contributed by atoms with E-state index in [0.717, 1.165) is 26.1 Å². The number of hydrogen-bond acceptors (Lipinski definition) is 4. The highest BCUT2D eigenvalue weighted by Gasteiger charge is 2.31. The second kappa shape index (κ2) is 9.76. The SMILES string of the molecule is COC(=O)c1ccc(-c2ccc(/C=C3\C=C(c4ccccc4)N(c4ccccc4I)C3=O)o2)cc1. The predicted octanol–water partition coefficient (Wildman–Crippen LogP) is 6.81. The summed E-state index contributed by atoms with van der Waals surface area (Å²) < 4.78 is 11.7.